The fourth-order valence-corrected chi connectivity index (χ4v) is 2.58. The van der Waals surface area contributed by atoms with Gasteiger partial charge in [-0.2, -0.15) is 0 Å². The highest BCUT2D eigenvalue weighted by Crippen LogP contribution is 2.33. The van der Waals surface area contributed by atoms with Crippen molar-refractivity contribution in [3.63, 3.8) is 0 Å². The summed E-state index contributed by atoms with van der Waals surface area (Å²) in [5, 5.41) is 8.77. The number of nitrogens with zero attached hydrogens (tertiary/aromatic N) is 4. The van der Waals surface area contributed by atoms with E-state index in [0.717, 1.165) is 22.7 Å². The van der Waals surface area contributed by atoms with Crippen molar-refractivity contribution in [2.24, 2.45) is 10.2 Å². The first-order valence-corrected chi connectivity index (χ1v) is 8.39. The summed E-state index contributed by atoms with van der Waals surface area (Å²) in [5.74, 6) is 2.11. The van der Waals surface area contributed by atoms with Crippen molar-refractivity contribution in [1.29, 1.82) is 0 Å². The van der Waals surface area contributed by atoms with Gasteiger partial charge in [-0.15, -0.1) is 10.2 Å². The molecule has 0 unspecified atom stereocenters. The molecule has 1 aromatic carbocycles. The van der Waals surface area contributed by atoms with Crippen LogP contribution in [0.2, 0.25) is 0 Å². The summed E-state index contributed by atoms with van der Waals surface area (Å²) in [6.07, 6.45) is 2.01. The normalized spacial score (nSPS) is 11.4. The van der Waals surface area contributed by atoms with Crippen molar-refractivity contribution in [3.8, 4) is 11.5 Å². The Kier molecular flexibility index (Phi) is 4.97. The minimum absolute atomic E-state index is 0.562. The molecule has 0 aliphatic heterocycles. The zero-order chi connectivity index (χ0) is 17.8. The van der Waals surface area contributed by atoms with Gasteiger partial charge in [0.15, 0.2) is 17.3 Å². The third-order valence-electron chi connectivity index (χ3n) is 3.70. The summed E-state index contributed by atoms with van der Waals surface area (Å²) in [6, 6.07) is 9.56. The standard InChI is InChI=1S/C19H22N4O2/c1-5-24-16-9-8-15(11-17(16)25-6-2)21-22-19-14(4)20-18-10-7-13(3)12-23(18)19/h7-12H,5-6H2,1-4H3. The highest BCUT2D eigenvalue weighted by Gasteiger charge is 2.09. The molecule has 0 aliphatic carbocycles. The number of fused-ring (bicyclic) bond motifs is 1. The first-order chi connectivity index (χ1) is 12.1. The van der Waals surface area contributed by atoms with Gasteiger partial charge in [0, 0.05) is 12.3 Å². The van der Waals surface area contributed by atoms with E-state index in [0.29, 0.717) is 30.4 Å². The molecule has 2 aromatic heterocycles. The number of imidazole rings is 1. The quantitative estimate of drug-likeness (QED) is 0.583. The fourth-order valence-electron chi connectivity index (χ4n) is 2.58. The Bertz CT molecular complexity index is 915. The average Bonchev–Trinajstić information content (AvgIpc) is 2.90. The molecule has 0 aliphatic rings. The Labute approximate surface area is 147 Å². The molecule has 0 saturated heterocycles. The molecular weight excluding hydrogens is 316 g/mol. The molecule has 0 fully saturated rings. The smallest absolute Gasteiger partial charge is 0.182 e. The van der Waals surface area contributed by atoms with Crippen LogP contribution in [0.1, 0.15) is 25.1 Å². The van der Waals surface area contributed by atoms with Crippen LogP contribution in [0.25, 0.3) is 5.65 Å². The van der Waals surface area contributed by atoms with Gasteiger partial charge in [0.1, 0.15) is 5.65 Å². The number of aryl methyl sites for hydroxylation is 2. The zero-order valence-electron chi connectivity index (χ0n) is 15.0. The molecule has 6 nitrogen and oxygen atoms in total. The fraction of sp³-hybridized carbons (Fsp3) is 0.316. The van der Waals surface area contributed by atoms with Gasteiger partial charge in [-0.3, -0.25) is 4.40 Å². The number of ether oxygens (including phenoxy) is 2. The number of rotatable bonds is 6. The van der Waals surface area contributed by atoms with Crippen LogP contribution >= 0.6 is 0 Å². The van der Waals surface area contributed by atoms with E-state index in [2.05, 4.69) is 15.2 Å². The van der Waals surface area contributed by atoms with Crippen LogP contribution in [-0.4, -0.2) is 22.6 Å². The van der Waals surface area contributed by atoms with Gasteiger partial charge in [-0.05, 0) is 51.5 Å². The number of benzene rings is 1. The van der Waals surface area contributed by atoms with Gasteiger partial charge in [0.2, 0.25) is 0 Å². The van der Waals surface area contributed by atoms with Crippen molar-refractivity contribution < 1.29 is 9.47 Å². The van der Waals surface area contributed by atoms with Gasteiger partial charge < -0.3 is 9.47 Å². The molecule has 0 amide bonds. The Hall–Kier alpha value is -2.89. The molecule has 0 N–H and O–H groups in total. The van der Waals surface area contributed by atoms with Gasteiger partial charge in [0.25, 0.3) is 0 Å². The van der Waals surface area contributed by atoms with Gasteiger partial charge in [0.05, 0.1) is 24.6 Å². The molecule has 0 bridgehead atoms. The third kappa shape index (κ3) is 3.63. The summed E-state index contributed by atoms with van der Waals surface area (Å²) >= 11 is 0. The number of aromatic nitrogens is 2. The van der Waals surface area contributed by atoms with Crippen molar-refractivity contribution >= 4 is 17.2 Å². The van der Waals surface area contributed by atoms with Crippen molar-refractivity contribution in [2.45, 2.75) is 27.7 Å². The lowest BCUT2D eigenvalue weighted by atomic mass is 10.3. The average molecular weight is 338 g/mol. The van der Waals surface area contributed by atoms with Gasteiger partial charge >= 0.3 is 0 Å². The maximum absolute atomic E-state index is 5.63. The molecule has 0 saturated carbocycles. The van der Waals surface area contributed by atoms with E-state index in [1.807, 2.05) is 68.6 Å². The van der Waals surface area contributed by atoms with Crippen LogP contribution in [0.4, 0.5) is 11.5 Å². The van der Waals surface area contributed by atoms with Gasteiger partial charge in [-0.1, -0.05) is 6.07 Å². The third-order valence-corrected chi connectivity index (χ3v) is 3.70. The van der Waals surface area contributed by atoms with E-state index in [4.69, 9.17) is 9.47 Å². The SMILES string of the molecule is CCOc1ccc(N=Nc2c(C)nc3ccc(C)cn23)cc1OCC. The Morgan fingerprint density at radius 3 is 2.48 bits per heavy atom. The van der Waals surface area contributed by atoms with Crippen LogP contribution in [0.5, 0.6) is 11.5 Å². The van der Waals surface area contributed by atoms with Crippen LogP contribution < -0.4 is 9.47 Å². The van der Waals surface area contributed by atoms with Crippen LogP contribution in [-0.2, 0) is 0 Å². The van der Waals surface area contributed by atoms with E-state index in [1.54, 1.807) is 0 Å². The van der Waals surface area contributed by atoms with Crippen LogP contribution in [0.3, 0.4) is 0 Å². The molecule has 0 spiro atoms. The van der Waals surface area contributed by atoms with E-state index in [1.165, 1.54) is 0 Å². The predicted molar refractivity (Wildman–Crippen MR) is 97.6 cm³/mol. The minimum Gasteiger partial charge on any atom is -0.490 e. The first kappa shape index (κ1) is 17.0. The second kappa shape index (κ2) is 7.34. The second-order valence-corrected chi connectivity index (χ2v) is 5.65. The maximum Gasteiger partial charge on any atom is 0.182 e. The Morgan fingerprint density at radius 1 is 0.960 bits per heavy atom. The van der Waals surface area contributed by atoms with Crippen LogP contribution in [0.15, 0.2) is 46.8 Å². The van der Waals surface area contributed by atoms with Crippen molar-refractivity contribution in [3.05, 3.63) is 47.8 Å². The van der Waals surface area contributed by atoms with E-state index in [9.17, 15) is 0 Å². The number of azo groups is 1. The summed E-state index contributed by atoms with van der Waals surface area (Å²) in [7, 11) is 0. The molecule has 130 valence electrons. The van der Waals surface area contributed by atoms with E-state index in [-0.39, 0.29) is 0 Å². The van der Waals surface area contributed by atoms with Crippen molar-refractivity contribution in [2.75, 3.05) is 13.2 Å². The van der Waals surface area contributed by atoms with Gasteiger partial charge in [-0.25, -0.2) is 4.98 Å². The lowest BCUT2D eigenvalue weighted by Gasteiger charge is -2.10. The largest absolute Gasteiger partial charge is 0.490 e. The highest BCUT2D eigenvalue weighted by molar-refractivity contribution is 5.54. The van der Waals surface area contributed by atoms with Crippen molar-refractivity contribution in [1.82, 2.24) is 9.38 Å². The van der Waals surface area contributed by atoms with Crippen LogP contribution in [0, 0.1) is 13.8 Å². The second-order valence-electron chi connectivity index (χ2n) is 5.65. The summed E-state index contributed by atoms with van der Waals surface area (Å²) < 4.78 is 13.2. The minimum atomic E-state index is 0.562. The lowest BCUT2D eigenvalue weighted by Crippen LogP contribution is -1.97. The molecule has 6 heteroatoms. The Balaban J connectivity index is 1.95. The molecular formula is C19H22N4O2. The molecule has 3 aromatic rings. The molecule has 3 rings (SSSR count). The summed E-state index contributed by atoms with van der Waals surface area (Å²) in [6.45, 7) is 9.00. The monoisotopic (exact) mass is 338 g/mol. The van der Waals surface area contributed by atoms with E-state index < -0.39 is 0 Å². The first-order valence-electron chi connectivity index (χ1n) is 8.39. The molecule has 25 heavy (non-hydrogen) atoms. The van der Waals surface area contributed by atoms with E-state index >= 15 is 0 Å². The molecule has 2 heterocycles. The number of hydrogen-bond acceptors (Lipinski definition) is 5. The predicted octanol–water partition coefficient (Wildman–Crippen LogP) is 5.16. The Morgan fingerprint density at radius 2 is 1.72 bits per heavy atom. The topological polar surface area (TPSA) is 60.5 Å². The zero-order valence-corrected chi connectivity index (χ0v) is 15.0. The molecule has 0 atom stereocenters. The molecule has 0 radical (unpaired) electrons. The maximum atomic E-state index is 5.63. The summed E-state index contributed by atoms with van der Waals surface area (Å²) in [5.41, 5.74) is 3.54. The highest BCUT2D eigenvalue weighted by atomic mass is 16.5. The number of pyridine rings is 1. The summed E-state index contributed by atoms with van der Waals surface area (Å²) in [4.78, 5) is 4.52. The number of hydrogen-bond donors (Lipinski definition) is 0. The lowest BCUT2D eigenvalue weighted by molar-refractivity contribution is 0.288.